The first-order valence-electron chi connectivity index (χ1n) is 9.84. The summed E-state index contributed by atoms with van der Waals surface area (Å²) in [6, 6.07) is 8.94. The zero-order valence-corrected chi connectivity index (χ0v) is 18.2. The molecule has 3 rings (SSSR count). The number of primary sulfonamides is 1. The molecule has 7 nitrogen and oxygen atoms in total. The van der Waals surface area contributed by atoms with Crippen LogP contribution in [0.2, 0.25) is 0 Å². The van der Waals surface area contributed by atoms with E-state index in [1.807, 2.05) is 12.1 Å². The van der Waals surface area contributed by atoms with E-state index in [4.69, 9.17) is 5.14 Å². The molecule has 0 atom stereocenters. The van der Waals surface area contributed by atoms with Gasteiger partial charge in [-0.3, -0.25) is 0 Å². The van der Waals surface area contributed by atoms with Gasteiger partial charge in [0.15, 0.2) is 0 Å². The zero-order chi connectivity index (χ0) is 21.6. The fourth-order valence-electron chi connectivity index (χ4n) is 3.38. The molecule has 0 unspecified atom stereocenters. The molecule has 1 aromatic heterocycles. The van der Waals surface area contributed by atoms with Crippen molar-refractivity contribution in [1.29, 1.82) is 0 Å². The maximum absolute atomic E-state index is 12.5. The lowest BCUT2D eigenvalue weighted by Gasteiger charge is -2.15. The largest absolute Gasteiger partial charge is 0.248 e. The van der Waals surface area contributed by atoms with E-state index in [1.165, 1.54) is 43.5 Å². The van der Waals surface area contributed by atoms with Gasteiger partial charge in [-0.1, -0.05) is 43.4 Å². The molecule has 160 valence electrons. The lowest BCUT2D eigenvalue weighted by atomic mass is 9.90. The lowest BCUT2D eigenvalue weighted by Crippen LogP contribution is -2.28. The molecular formula is C21H25N3O4S2. The van der Waals surface area contributed by atoms with Gasteiger partial charge in [-0.25, -0.2) is 31.7 Å². The molecule has 0 saturated heterocycles. The SMILES string of the molecule is NS(=O)(=O)c1ccccc1S(=O)(=O)NCCc1ccc(C#CC2CCCCC2)nc1. The Morgan fingerprint density at radius 1 is 1.00 bits per heavy atom. The van der Waals surface area contributed by atoms with Crippen LogP contribution in [-0.4, -0.2) is 28.4 Å². The van der Waals surface area contributed by atoms with Gasteiger partial charge in [0.25, 0.3) is 0 Å². The molecule has 1 aliphatic carbocycles. The van der Waals surface area contributed by atoms with Crippen molar-refractivity contribution in [2.24, 2.45) is 11.1 Å². The molecule has 1 heterocycles. The summed E-state index contributed by atoms with van der Waals surface area (Å²) in [5.74, 6) is 6.87. The first kappa shape index (κ1) is 22.4. The second-order valence-corrected chi connectivity index (χ2v) is 10.6. The van der Waals surface area contributed by atoms with Crippen molar-refractivity contribution in [3.05, 3.63) is 53.9 Å². The van der Waals surface area contributed by atoms with Gasteiger partial charge in [0.05, 0.1) is 0 Å². The minimum atomic E-state index is -4.15. The van der Waals surface area contributed by atoms with Crippen molar-refractivity contribution in [2.45, 2.75) is 48.3 Å². The molecule has 0 radical (unpaired) electrons. The maximum Gasteiger partial charge on any atom is 0.241 e. The van der Waals surface area contributed by atoms with E-state index in [9.17, 15) is 16.8 Å². The van der Waals surface area contributed by atoms with Gasteiger partial charge < -0.3 is 0 Å². The Morgan fingerprint density at radius 2 is 1.70 bits per heavy atom. The van der Waals surface area contributed by atoms with Crippen LogP contribution in [0.1, 0.15) is 43.4 Å². The maximum atomic E-state index is 12.5. The molecule has 0 aliphatic heterocycles. The summed E-state index contributed by atoms with van der Waals surface area (Å²) < 4.78 is 50.7. The minimum Gasteiger partial charge on any atom is -0.248 e. The molecule has 0 spiro atoms. The quantitative estimate of drug-likeness (QED) is 0.658. The third-order valence-electron chi connectivity index (χ3n) is 4.99. The van der Waals surface area contributed by atoms with Gasteiger partial charge in [-0.15, -0.1) is 0 Å². The van der Waals surface area contributed by atoms with Crippen molar-refractivity contribution in [3.63, 3.8) is 0 Å². The lowest BCUT2D eigenvalue weighted by molar-refractivity contribution is 0.430. The molecule has 1 aliphatic rings. The standard InChI is InChI=1S/C21H25N3O4S2/c22-29(25,26)20-8-4-5-9-21(20)30(27,28)24-15-14-18-11-13-19(23-16-18)12-10-17-6-2-1-3-7-17/h4-5,8-9,11,13,16-17,24H,1-3,6-7,14-15H2,(H2,22,25,26). The number of nitrogens with zero attached hydrogens (tertiary/aromatic N) is 1. The number of nitrogens with one attached hydrogen (secondary N) is 1. The van der Waals surface area contributed by atoms with E-state index in [0.29, 0.717) is 18.0 Å². The first-order chi connectivity index (χ1) is 14.3. The fourth-order valence-corrected chi connectivity index (χ4v) is 5.80. The van der Waals surface area contributed by atoms with Crippen LogP contribution >= 0.6 is 0 Å². The summed E-state index contributed by atoms with van der Waals surface area (Å²) in [4.78, 5) is 3.54. The Balaban J connectivity index is 1.59. The van der Waals surface area contributed by atoms with E-state index < -0.39 is 24.9 Å². The molecule has 0 bridgehead atoms. The van der Waals surface area contributed by atoms with Gasteiger partial charge in [0, 0.05) is 18.7 Å². The highest BCUT2D eigenvalue weighted by molar-refractivity contribution is 7.92. The van der Waals surface area contributed by atoms with Crippen molar-refractivity contribution >= 4 is 20.0 Å². The van der Waals surface area contributed by atoms with Crippen LogP contribution in [0.15, 0.2) is 52.4 Å². The smallest absolute Gasteiger partial charge is 0.241 e. The van der Waals surface area contributed by atoms with Crippen molar-refractivity contribution < 1.29 is 16.8 Å². The van der Waals surface area contributed by atoms with Gasteiger partial charge in [0.2, 0.25) is 20.0 Å². The Labute approximate surface area is 178 Å². The van der Waals surface area contributed by atoms with Crippen molar-refractivity contribution in [2.75, 3.05) is 6.54 Å². The molecule has 1 fully saturated rings. The molecule has 1 saturated carbocycles. The average molecular weight is 448 g/mol. The Morgan fingerprint density at radius 3 is 2.33 bits per heavy atom. The normalized spacial score (nSPS) is 15.4. The zero-order valence-electron chi connectivity index (χ0n) is 16.5. The van der Waals surface area contributed by atoms with Crippen LogP contribution in [0.5, 0.6) is 0 Å². The predicted molar refractivity (Wildman–Crippen MR) is 114 cm³/mol. The average Bonchev–Trinajstić information content (AvgIpc) is 2.73. The molecule has 0 amide bonds. The summed E-state index contributed by atoms with van der Waals surface area (Å²) in [7, 11) is -8.18. The number of aromatic nitrogens is 1. The van der Waals surface area contributed by atoms with Crippen LogP contribution in [0, 0.1) is 17.8 Å². The van der Waals surface area contributed by atoms with Gasteiger partial charge in [-0.2, -0.15) is 0 Å². The van der Waals surface area contributed by atoms with E-state index in [1.54, 1.807) is 6.20 Å². The Bertz CT molecular complexity index is 1140. The Hall–Kier alpha value is -2.25. The third-order valence-corrected chi connectivity index (χ3v) is 7.60. The fraction of sp³-hybridized carbons (Fsp3) is 0.381. The number of nitrogens with two attached hydrogens (primary N) is 1. The number of sulfonamides is 2. The van der Waals surface area contributed by atoms with Crippen molar-refractivity contribution in [1.82, 2.24) is 9.71 Å². The summed E-state index contributed by atoms with van der Waals surface area (Å²) >= 11 is 0. The van der Waals surface area contributed by atoms with Crippen LogP contribution in [-0.2, 0) is 26.5 Å². The summed E-state index contributed by atoms with van der Waals surface area (Å²) in [6.07, 6.45) is 8.16. The highest BCUT2D eigenvalue weighted by Gasteiger charge is 2.23. The molecule has 3 N–H and O–H groups in total. The first-order valence-corrected chi connectivity index (χ1v) is 12.9. The van der Waals surface area contributed by atoms with E-state index in [2.05, 4.69) is 21.5 Å². The number of hydrogen-bond donors (Lipinski definition) is 2. The van der Waals surface area contributed by atoms with Gasteiger partial charge in [-0.05, 0) is 48.9 Å². The number of pyridine rings is 1. The van der Waals surface area contributed by atoms with Gasteiger partial charge in [0.1, 0.15) is 15.5 Å². The summed E-state index contributed by atoms with van der Waals surface area (Å²) in [5, 5.41) is 5.12. The molecule has 1 aromatic carbocycles. The third kappa shape index (κ3) is 6.12. The highest BCUT2D eigenvalue weighted by Crippen LogP contribution is 2.22. The summed E-state index contributed by atoms with van der Waals surface area (Å²) in [6.45, 7) is 0.0933. The topological polar surface area (TPSA) is 119 Å². The predicted octanol–water partition coefficient (Wildman–Crippen LogP) is 2.18. The number of benzene rings is 1. The summed E-state index contributed by atoms with van der Waals surface area (Å²) in [5.41, 5.74) is 1.55. The van der Waals surface area contributed by atoms with Crippen LogP contribution in [0.25, 0.3) is 0 Å². The monoisotopic (exact) mass is 447 g/mol. The molecular weight excluding hydrogens is 422 g/mol. The van der Waals surface area contributed by atoms with Crippen LogP contribution < -0.4 is 9.86 Å². The number of rotatable bonds is 6. The van der Waals surface area contributed by atoms with E-state index in [0.717, 1.165) is 18.4 Å². The minimum absolute atomic E-state index is 0.0933. The van der Waals surface area contributed by atoms with Crippen molar-refractivity contribution in [3.8, 4) is 11.8 Å². The highest BCUT2D eigenvalue weighted by atomic mass is 32.2. The van der Waals surface area contributed by atoms with Crippen LogP contribution in [0.3, 0.4) is 0 Å². The van der Waals surface area contributed by atoms with E-state index >= 15 is 0 Å². The van der Waals surface area contributed by atoms with Gasteiger partial charge >= 0.3 is 0 Å². The molecule has 30 heavy (non-hydrogen) atoms. The number of hydrogen-bond acceptors (Lipinski definition) is 5. The second kappa shape index (κ2) is 9.71. The molecule has 2 aromatic rings. The second-order valence-electron chi connectivity index (χ2n) is 7.30. The Kier molecular flexibility index (Phi) is 7.26. The van der Waals surface area contributed by atoms with E-state index in [-0.39, 0.29) is 11.4 Å². The van der Waals surface area contributed by atoms with Crippen LogP contribution in [0.4, 0.5) is 0 Å². The molecule has 9 heteroatoms.